The SMILES string of the molecule is C=CCN1C(=O)SC(=Cc2ccc(-c3ccc(C(=O)[O-])c(Cl)c3)o2)C1=O. The highest BCUT2D eigenvalue weighted by Crippen LogP contribution is 2.33. The summed E-state index contributed by atoms with van der Waals surface area (Å²) in [6.45, 7) is 3.67. The Morgan fingerprint density at radius 3 is 2.73 bits per heavy atom. The molecule has 26 heavy (non-hydrogen) atoms. The van der Waals surface area contributed by atoms with E-state index in [-0.39, 0.29) is 27.3 Å². The molecule has 8 heteroatoms. The fourth-order valence-electron chi connectivity index (χ4n) is 2.34. The quantitative estimate of drug-likeness (QED) is 0.577. The fraction of sp³-hybridized carbons (Fsp3) is 0.0556. The number of aromatic carboxylic acids is 1. The van der Waals surface area contributed by atoms with Gasteiger partial charge in [0.15, 0.2) is 0 Å². The number of carboxylic acids is 1. The molecule has 6 nitrogen and oxygen atoms in total. The monoisotopic (exact) mass is 388 g/mol. The molecule has 1 aromatic heterocycles. The van der Waals surface area contributed by atoms with Gasteiger partial charge in [-0.3, -0.25) is 14.5 Å². The lowest BCUT2D eigenvalue weighted by molar-refractivity contribution is -0.255. The molecule has 0 radical (unpaired) electrons. The van der Waals surface area contributed by atoms with E-state index in [9.17, 15) is 19.5 Å². The van der Waals surface area contributed by atoms with Crippen LogP contribution in [0.25, 0.3) is 17.4 Å². The first kappa shape index (κ1) is 18.0. The van der Waals surface area contributed by atoms with E-state index in [0.717, 1.165) is 16.7 Å². The van der Waals surface area contributed by atoms with Gasteiger partial charge in [0.2, 0.25) is 0 Å². The van der Waals surface area contributed by atoms with Gasteiger partial charge in [-0.1, -0.05) is 29.8 Å². The molecule has 0 N–H and O–H groups in total. The summed E-state index contributed by atoms with van der Waals surface area (Å²) in [5.74, 6) is -0.950. The van der Waals surface area contributed by atoms with Gasteiger partial charge in [0.05, 0.1) is 15.9 Å². The molecular formula is C18H11ClNO5S-. The molecule has 1 saturated heterocycles. The minimum absolute atomic E-state index is 0.0333. The summed E-state index contributed by atoms with van der Waals surface area (Å²) in [7, 11) is 0. The topological polar surface area (TPSA) is 90.7 Å². The number of thioether (sulfide) groups is 1. The van der Waals surface area contributed by atoms with Gasteiger partial charge in [-0.05, 0) is 30.0 Å². The van der Waals surface area contributed by atoms with Gasteiger partial charge in [0.25, 0.3) is 11.1 Å². The van der Waals surface area contributed by atoms with Crippen LogP contribution in [0.15, 0.2) is 52.3 Å². The van der Waals surface area contributed by atoms with Crippen LogP contribution in [0.5, 0.6) is 0 Å². The Balaban J connectivity index is 1.86. The van der Waals surface area contributed by atoms with Crippen molar-refractivity contribution in [2.75, 3.05) is 6.54 Å². The number of carboxylic acid groups (broad SMARTS) is 1. The zero-order valence-electron chi connectivity index (χ0n) is 13.2. The van der Waals surface area contributed by atoms with Crippen LogP contribution in [-0.2, 0) is 4.79 Å². The molecule has 3 rings (SSSR count). The molecule has 0 bridgehead atoms. The van der Waals surface area contributed by atoms with Crippen LogP contribution in [0, 0.1) is 0 Å². The van der Waals surface area contributed by atoms with Crippen LogP contribution in [0.2, 0.25) is 5.02 Å². The summed E-state index contributed by atoms with van der Waals surface area (Å²) >= 11 is 6.75. The van der Waals surface area contributed by atoms with Crippen molar-refractivity contribution in [3.8, 4) is 11.3 Å². The van der Waals surface area contributed by atoms with Crippen molar-refractivity contribution in [2.24, 2.45) is 0 Å². The van der Waals surface area contributed by atoms with Gasteiger partial charge >= 0.3 is 0 Å². The molecule has 2 heterocycles. The first-order valence-corrected chi connectivity index (χ1v) is 8.57. The maximum absolute atomic E-state index is 12.2. The maximum Gasteiger partial charge on any atom is 0.293 e. The maximum atomic E-state index is 12.2. The van der Waals surface area contributed by atoms with Gasteiger partial charge in [-0.25, -0.2) is 0 Å². The Morgan fingerprint density at radius 2 is 2.08 bits per heavy atom. The Bertz CT molecular complexity index is 962. The van der Waals surface area contributed by atoms with Crippen molar-refractivity contribution in [1.82, 2.24) is 4.90 Å². The molecule has 0 saturated carbocycles. The summed E-state index contributed by atoms with van der Waals surface area (Å²) in [6, 6.07) is 7.61. The lowest BCUT2D eigenvalue weighted by Crippen LogP contribution is -2.27. The third kappa shape index (κ3) is 3.44. The minimum Gasteiger partial charge on any atom is -0.545 e. The average molecular weight is 389 g/mol. The second-order valence-corrected chi connectivity index (χ2v) is 6.67. The predicted octanol–water partition coefficient (Wildman–Crippen LogP) is 3.19. The van der Waals surface area contributed by atoms with Crippen molar-refractivity contribution >= 4 is 46.6 Å². The lowest BCUT2D eigenvalue weighted by atomic mass is 10.1. The zero-order valence-corrected chi connectivity index (χ0v) is 14.8. The Kier molecular flexibility index (Phi) is 5.01. The average Bonchev–Trinajstić information content (AvgIpc) is 3.15. The van der Waals surface area contributed by atoms with E-state index in [1.807, 2.05) is 0 Å². The molecule has 1 aromatic carbocycles. The third-order valence-corrected chi connectivity index (χ3v) is 4.78. The van der Waals surface area contributed by atoms with Gasteiger partial charge in [-0.2, -0.15) is 0 Å². The number of hydrogen-bond acceptors (Lipinski definition) is 6. The highest BCUT2D eigenvalue weighted by atomic mass is 35.5. The van der Waals surface area contributed by atoms with Crippen molar-refractivity contribution in [2.45, 2.75) is 0 Å². The number of carbonyl (C=O) groups excluding carboxylic acids is 3. The van der Waals surface area contributed by atoms with Crippen LogP contribution in [0.3, 0.4) is 0 Å². The number of amides is 2. The number of halogens is 1. The van der Waals surface area contributed by atoms with Crippen LogP contribution in [-0.4, -0.2) is 28.6 Å². The Morgan fingerprint density at radius 1 is 1.31 bits per heavy atom. The molecule has 2 aromatic rings. The zero-order chi connectivity index (χ0) is 18.8. The van der Waals surface area contributed by atoms with E-state index < -0.39 is 11.9 Å². The smallest absolute Gasteiger partial charge is 0.293 e. The van der Waals surface area contributed by atoms with Gasteiger partial charge in [0.1, 0.15) is 11.5 Å². The molecule has 1 aliphatic rings. The van der Waals surface area contributed by atoms with E-state index in [1.54, 1.807) is 12.1 Å². The minimum atomic E-state index is -1.36. The van der Waals surface area contributed by atoms with Crippen LogP contribution in [0.1, 0.15) is 16.1 Å². The highest BCUT2D eigenvalue weighted by molar-refractivity contribution is 8.18. The molecule has 132 valence electrons. The Labute approximate surface area is 157 Å². The second kappa shape index (κ2) is 7.23. The van der Waals surface area contributed by atoms with E-state index >= 15 is 0 Å². The standard InChI is InChI=1S/C18H12ClNO5S/c1-2-7-20-16(21)15(26-18(20)24)9-11-4-6-14(25-11)10-3-5-12(17(22)23)13(19)8-10/h2-6,8-9H,1,7H2,(H,22,23)/p-1. The van der Waals surface area contributed by atoms with Crippen molar-refractivity contribution in [1.29, 1.82) is 0 Å². The number of benzene rings is 1. The fourth-order valence-corrected chi connectivity index (χ4v) is 3.42. The van der Waals surface area contributed by atoms with E-state index in [2.05, 4.69) is 6.58 Å². The summed E-state index contributed by atoms with van der Waals surface area (Å²) in [5, 5.41) is 10.6. The molecule has 0 atom stereocenters. The molecule has 1 aliphatic heterocycles. The molecule has 1 fully saturated rings. The van der Waals surface area contributed by atoms with Crippen LogP contribution >= 0.6 is 23.4 Å². The number of imide groups is 1. The van der Waals surface area contributed by atoms with E-state index in [4.69, 9.17) is 16.0 Å². The normalized spacial score (nSPS) is 15.7. The van der Waals surface area contributed by atoms with Crippen molar-refractivity contribution in [3.63, 3.8) is 0 Å². The highest BCUT2D eigenvalue weighted by Gasteiger charge is 2.34. The number of nitrogens with zero attached hydrogens (tertiary/aromatic N) is 1. The summed E-state index contributed by atoms with van der Waals surface area (Å²) < 4.78 is 5.65. The Hall–Kier alpha value is -2.77. The number of carbonyl (C=O) groups is 3. The summed E-state index contributed by atoms with van der Waals surface area (Å²) in [4.78, 5) is 36.2. The molecule has 0 aliphatic carbocycles. The number of furan rings is 1. The molecular weight excluding hydrogens is 378 g/mol. The number of hydrogen-bond donors (Lipinski definition) is 0. The first-order valence-electron chi connectivity index (χ1n) is 7.38. The largest absolute Gasteiger partial charge is 0.545 e. The molecule has 2 amide bonds. The van der Waals surface area contributed by atoms with Crippen LogP contribution in [0.4, 0.5) is 4.79 Å². The molecule has 0 unspecified atom stereocenters. The van der Waals surface area contributed by atoms with Gasteiger partial charge in [0, 0.05) is 23.7 Å². The van der Waals surface area contributed by atoms with E-state index in [0.29, 0.717) is 17.1 Å². The summed E-state index contributed by atoms with van der Waals surface area (Å²) in [5.41, 5.74) is 0.456. The van der Waals surface area contributed by atoms with Crippen molar-refractivity contribution < 1.29 is 23.9 Å². The first-order chi connectivity index (χ1) is 12.4. The summed E-state index contributed by atoms with van der Waals surface area (Å²) in [6.07, 6.45) is 2.96. The van der Waals surface area contributed by atoms with Crippen LogP contribution < -0.4 is 5.11 Å². The van der Waals surface area contributed by atoms with Gasteiger partial charge in [-0.15, -0.1) is 6.58 Å². The number of rotatable bonds is 5. The van der Waals surface area contributed by atoms with Gasteiger partial charge < -0.3 is 14.3 Å². The second-order valence-electron chi connectivity index (χ2n) is 5.27. The molecule has 0 spiro atoms. The van der Waals surface area contributed by atoms with Crippen molar-refractivity contribution in [3.05, 3.63) is 64.2 Å². The predicted molar refractivity (Wildman–Crippen MR) is 96.4 cm³/mol. The third-order valence-electron chi connectivity index (χ3n) is 3.56. The lowest BCUT2D eigenvalue weighted by Gasteiger charge is -2.07. The van der Waals surface area contributed by atoms with E-state index in [1.165, 1.54) is 30.4 Å².